The van der Waals surface area contributed by atoms with Crippen LogP contribution < -0.4 is 15.4 Å². The van der Waals surface area contributed by atoms with Crippen molar-refractivity contribution >= 4 is 17.6 Å². The van der Waals surface area contributed by atoms with Crippen LogP contribution in [-0.2, 0) is 4.79 Å². The number of hydrogen-bond acceptors (Lipinski definition) is 3. The molecule has 0 unspecified atom stereocenters. The van der Waals surface area contributed by atoms with Gasteiger partial charge in [0, 0.05) is 19.0 Å². The zero-order chi connectivity index (χ0) is 19.2. The largest absolute Gasteiger partial charge is 0.492 e. The van der Waals surface area contributed by atoms with Gasteiger partial charge in [0.05, 0.1) is 12.3 Å². The first-order chi connectivity index (χ1) is 12.3. The molecule has 0 aromatic heterocycles. The molecule has 1 heterocycles. The van der Waals surface area contributed by atoms with E-state index in [1.54, 1.807) is 24.3 Å². The zero-order valence-electron chi connectivity index (χ0n) is 14.4. The number of carbonyl (C=O) groups is 2. The molecular formula is C17H22F3N3O3. The summed E-state index contributed by atoms with van der Waals surface area (Å²) in [4.78, 5) is 25.7. The van der Waals surface area contributed by atoms with Crippen LogP contribution in [0.5, 0.6) is 5.75 Å². The third-order valence-electron chi connectivity index (χ3n) is 4.04. The van der Waals surface area contributed by atoms with Gasteiger partial charge in [0.1, 0.15) is 12.3 Å². The molecule has 6 nitrogen and oxygen atoms in total. The van der Waals surface area contributed by atoms with Gasteiger partial charge >= 0.3 is 12.2 Å². The lowest BCUT2D eigenvalue weighted by atomic mass is 9.96. The second kappa shape index (κ2) is 8.77. The number of halogens is 3. The molecule has 0 aliphatic carbocycles. The molecule has 0 spiro atoms. The van der Waals surface area contributed by atoms with E-state index in [0.717, 1.165) is 0 Å². The highest BCUT2D eigenvalue weighted by molar-refractivity contribution is 5.91. The molecule has 0 radical (unpaired) electrons. The van der Waals surface area contributed by atoms with Crippen LogP contribution in [0.15, 0.2) is 24.3 Å². The number of urea groups is 1. The van der Waals surface area contributed by atoms with E-state index in [0.29, 0.717) is 44.0 Å². The summed E-state index contributed by atoms with van der Waals surface area (Å²) in [7, 11) is 0. The number of benzene rings is 1. The van der Waals surface area contributed by atoms with Crippen LogP contribution in [0.2, 0.25) is 0 Å². The van der Waals surface area contributed by atoms with E-state index in [9.17, 15) is 22.8 Å². The molecule has 9 heteroatoms. The van der Waals surface area contributed by atoms with Gasteiger partial charge in [-0.05, 0) is 31.9 Å². The monoisotopic (exact) mass is 373 g/mol. The van der Waals surface area contributed by atoms with E-state index in [1.807, 2.05) is 12.2 Å². The van der Waals surface area contributed by atoms with E-state index in [4.69, 9.17) is 4.74 Å². The molecule has 2 N–H and O–H groups in total. The summed E-state index contributed by atoms with van der Waals surface area (Å²) in [5.74, 6) is -0.578. The zero-order valence-corrected chi connectivity index (χ0v) is 14.4. The van der Waals surface area contributed by atoms with Gasteiger partial charge in [0.25, 0.3) is 0 Å². The van der Waals surface area contributed by atoms with E-state index >= 15 is 0 Å². The Morgan fingerprint density at radius 3 is 2.50 bits per heavy atom. The molecule has 1 saturated heterocycles. The van der Waals surface area contributed by atoms with Crippen molar-refractivity contribution in [2.45, 2.75) is 25.9 Å². The Bertz CT molecular complexity index is 629. The van der Waals surface area contributed by atoms with Crippen molar-refractivity contribution in [2.75, 3.05) is 31.6 Å². The Labute approximate surface area is 149 Å². The molecule has 1 fully saturated rings. The minimum absolute atomic E-state index is 0.298. The number of alkyl halides is 3. The summed E-state index contributed by atoms with van der Waals surface area (Å²) in [6, 6.07) is 6.71. The lowest BCUT2D eigenvalue weighted by molar-refractivity contribution is -0.141. The molecule has 1 aromatic rings. The maximum absolute atomic E-state index is 12.4. The topological polar surface area (TPSA) is 70.7 Å². The second-order valence-corrected chi connectivity index (χ2v) is 5.95. The molecular weight excluding hydrogens is 351 g/mol. The van der Waals surface area contributed by atoms with Gasteiger partial charge in [-0.1, -0.05) is 12.1 Å². The molecule has 0 atom stereocenters. The third kappa shape index (κ3) is 5.82. The van der Waals surface area contributed by atoms with Crippen LogP contribution in [0.25, 0.3) is 0 Å². The van der Waals surface area contributed by atoms with Crippen molar-refractivity contribution in [2.24, 2.45) is 5.92 Å². The van der Waals surface area contributed by atoms with E-state index in [-0.39, 0.29) is 6.03 Å². The SMILES string of the molecule is CCOc1ccccc1NC(=O)N1CCC(C(=O)NCC(F)(F)F)CC1. The van der Waals surface area contributed by atoms with Crippen LogP contribution in [-0.4, -0.2) is 49.3 Å². The summed E-state index contributed by atoms with van der Waals surface area (Å²) >= 11 is 0. The first-order valence-electron chi connectivity index (χ1n) is 8.42. The Morgan fingerprint density at radius 1 is 1.23 bits per heavy atom. The number of rotatable bonds is 5. The summed E-state index contributed by atoms with van der Waals surface area (Å²) in [6.07, 6.45) is -3.78. The molecule has 1 aliphatic rings. The lowest BCUT2D eigenvalue weighted by Gasteiger charge is -2.31. The Kier molecular flexibility index (Phi) is 6.70. The highest BCUT2D eigenvalue weighted by Gasteiger charge is 2.31. The average Bonchev–Trinajstić information content (AvgIpc) is 2.61. The van der Waals surface area contributed by atoms with Gasteiger partial charge in [-0.2, -0.15) is 13.2 Å². The molecule has 3 amide bonds. The number of ether oxygens (including phenoxy) is 1. The van der Waals surface area contributed by atoms with Crippen molar-refractivity contribution in [3.63, 3.8) is 0 Å². The Hall–Kier alpha value is -2.45. The Morgan fingerprint density at radius 2 is 1.88 bits per heavy atom. The van der Waals surface area contributed by atoms with Gasteiger partial charge in [-0.15, -0.1) is 0 Å². The minimum Gasteiger partial charge on any atom is -0.492 e. The highest BCUT2D eigenvalue weighted by atomic mass is 19.4. The molecule has 1 aliphatic heterocycles. The first kappa shape index (κ1) is 19.9. The van der Waals surface area contributed by atoms with Gasteiger partial charge in [0.15, 0.2) is 0 Å². The standard InChI is InChI=1S/C17H22F3N3O3/c1-2-26-14-6-4-3-5-13(14)22-16(25)23-9-7-12(8-10-23)15(24)21-11-17(18,19)20/h3-6,12H,2,7-11H2,1H3,(H,21,24)(H,22,25). The fourth-order valence-electron chi connectivity index (χ4n) is 2.72. The number of amides is 3. The smallest absolute Gasteiger partial charge is 0.405 e. The minimum atomic E-state index is -4.43. The number of nitrogens with zero attached hydrogens (tertiary/aromatic N) is 1. The van der Waals surface area contributed by atoms with E-state index in [1.165, 1.54) is 4.90 Å². The number of nitrogens with one attached hydrogen (secondary N) is 2. The molecule has 2 rings (SSSR count). The first-order valence-corrected chi connectivity index (χ1v) is 8.42. The van der Waals surface area contributed by atoms with Gasteiger partial charge in [-0.25, -0.2) is 4.79 Å². The maximum Gasteiger partial charge on any atom is 0.405 e. The number of carbonyl (C=O) groups excluding carboxylic acids is 2. The molecule has 0 bridgehead atoms. The van der Waals surface area contributed by atoms with Crippen molar-refractivity contribution in [1.82, 2.24) is 10.2 Å². The number of likely N-dealkylation sites (tertiary alicyclic amines) is 1. The molecule has 144 valence electrons. The summed E-state index contributed by atoms with van der Waals surface area (Å²) in [5, 5.41) is 4.67. The number of piperidine rings is 1. The normalized spacial score (nSPS) is 15.5. The van der Waals surface area contributed by atoms with Crippen molar-refractivity contribution < 1.29 is 27.5 Å². The Balaban J connectivity index is 1.84. The lowest BCUT2D eigenvalue weighted by Crippen LogP contribution is -2.45. The predicted octanol–water partition coefficient (Wildman–Crippen LogP) is 3.01. The second-order valence-electron chi connectivity index (χ2n) is 5.95. The molecule has 26 heavy (non-hydrogen) atoms. The van der Waals surface area contributed by atoms with Gasteiger partial charge in [0.2, 0.25) is 5.91 Å². The highest BCUT2D eigenvalue weighted by Crippen LogP contribution is 2.25. The van der Waals surface area contributed by atoms with Crippen molar-refractivity contribution in [3.05, 3.63) is 24.3 Å². The summed E-state index contributed by atoms with van der Waals surface area (Å²) in [5.41, 5.74) is 0.546. The van der Waals surface area contributed by atoms with Gasteiger partial charge in [-0.3, -0.25) is 4.79 Å². The number of anilines is 1. The van der Waals surface area contributed by atoms with Crippen LogP contribution in [0, 0.1) is 5.92 Å². The quantitative estimate of drug-likeness (QED) is 0.834. The molecule has 1 aromatic carbocycles. The van der Waals surface area contributed by atoms with Crippen LogP contribution >= 0.6 is 0 Å². The summed E-state index contributed by atoms with van der Waals surface area (Å²) < 4.78 is 41.9. The number of hydrogen-bond donors (Lipinski definition) is 2. The predicted molar refractivity (Wildman–Crippen MR) is 90.0 cm³/mol. The average molecular weight is 373 g/mol. The van der Waals surface area contributed by atoms with Crippen LogP contribution in [0.1, 0.15) is 19.8 Å². The molecule has 0 saturated carbocycles. The maximum atomic E-state index is 12.4. The third-order valence-corrected chi connectivity index (χ3v) is 4.04. The van der Waals surface area contributed by atoms with Crippen LogP contribution in [0.4, 0.5) is 23.7 Å². The summed E-state index contributed by atoms with van der Waals surface area (Å²) in [6.45, 7) is 1.57. The fraction of sp³-hybridized carbons (Fsp3) is 0.529. The fourth-order valence-corrected chi connectivity index (χ4v) is 2.72. The van der Waals surface area contributed by atoms with E-state index < -0.39 is 24.5 Å². The van der Waals surface area contributed by atoms with Gasteiger partial charge < -0.3 is 20.3 Å². The van der Waals surface area contributed by atoms with Crippen LogP contribution in [0.3, 0.4) is 0 Å². The van der Waals surface area contributed by atoms with E-state index in [2.05, 4.69) is 5.32 Å². The van der Waals surface area contributed by atoms with Crippen molar-refractivity contribution in [3.8, 4) is 5.75 Å². The number of para-hydroxylation sites is 2. The van der Waals surface area contributed by atoms with Crippen molar-refractivity contribution in [1.29, 1.82) is 0 Å².